The van der Waals surface area contributed by atoms with Gasteiger partial charge in [0.25, 0.3) is 0 Å². The van der Waals surface area contributed by atoms with Gasteiger partial charge in [0, 0.05) is 53.0 Å². The van der Waals surface area contributed by atoms with Crippen molar-refractivity contribution in [1.29, 1.82) is 0 Å². The number of aromatic amines is 1. The molecule has 0 spiro atoms. The van der Waals surface area contributed by atoms with Crippen LogP contribution in [0, 0.1) is 0 Å². The normalized spacial score (nSPS) is 15.9. The van der Waals surface area contributed by atoms with Gasteiger partial charge in [0.2, 0.25) is 23.6 Å². The van der Waals surface area contributed by atoms with Crippen molar-refractivity contribution in [2.45, 2.75) is 63.1 Å². The molecule has 2 heterocycles. The molecule has 4 N–H and O–H groups in total. The number of anilines is 2. The Morgan fingerprint density at radius 2 is 1.44 bits per heavy atom. The molecule has 0 bridgehead atoms. The number of hydrogen-bond acceptors (Lipinski definition) is 6. The van der Waals surface area contributed by atoms with E-state index in [1.807, 2.05) is 123 Å². The highest BCUT2D eigenvalue weighted by molar-refractivity contribution is 6.01. The van der Waals surface area contributed by atoms with Crippen LogP contribution < -0.4 is 16.0 Å². The zero-order valence-electron chi connectivity index (χ0n) is 33.3. The van der Waals surface area contributed by atoms with Crippen LogP contribution in [0.5, 0.6) is 0 Å². The number of carbonyl (C=O) groups excluding carboxylic acids is 4. The standard InChI is InChI=1S/C46H53N7O4/c1-51(2)42(30-14-7-5-8-15-30)45(56)47-26-12-11-19-40(54)48-33-21-24-35-32(28-33)20-23-36-37-29-34(22-25-38(37)50-41(35)36)49-44(55)39-18-13-27-53(39)46(57)43(52(3)4)31-16-9-6-10-17-31/h5-10,14-17,21-22,24-25,28-29,39,42-43,50H,11-13,18-20,23,26-27H2,1-4H3,(H,47,56)(H,48,54)(H,49,55)/t39-,42+,43+/m0/s1. The van der Waals surface area contributed by atoms with E-state index >= 15 is 0 Å². The van der Waals surface area contributed by atoms with Crippen LogP contribution in [0.4, 0.5) is 11.4 Å². The second-order valence-electron chi connectivity index (χ2n) is 15.6. The number of rotatable bonds is 14. The summed E-state index contributed by atoms with van der Waals surface area (Å²) in [5.74, 6) is -0.324. The van der Waals surface area contributed by atoms with Crippen molar-refractivity contribution in [2.24, 2.45) is 0 Å². The van der Waals surface area contributed by atoms with Crippen LogP contribution in [-0.2, 0) is 32.0 Å². The Kier molecular flexibility index (Phi) is 12.2. The van der Waals surface area contributed by atoms with E-state index in [2.05, 4.69) is 33.1 Å². The molecule has 7 rings (SSSR count). The fourth-order valence-corrected chi connectivity index (χ4v) is 8.44. The Morgan fingerprint density at radius 3 is 2.14 bits per heavy atom. The molecule has 1 fully saturated rings. The zero-order valence-corrected chi connectivity index (χ0v) is 33.3. The van der Waals surface area contributed by atoms with Crippen molar-refractivity contribution in [3.8, 4) is 11.3 Å². The summed E-state index contributed by atoms with van der Waals surface area (Å²) in [7, 11) is 7.58. The van der Waals surface area contributed by atoms with E-state index in [0.717, 1.165) is 63.8 Å². The van der Waals surface area contributed by atoms with Gasteiger partial charge in [0.1, 0.15) is 18.1 Å². The van der Waals surface area contributed by atoms with E-state index in [4.69, 9.17) is 0 Å². The van der Waals surface area contributed by atoms with Gasteiger partial charge in [-0.2, -0.15) is 0 Å². The summed E-state index contributed by atoms with van der Waals surface area (Å²) in [4.78, 5) is 62.5. The van der Waals surface area contributed by atoms with Crippen LogP contribution in [0.2, 0.25) is 0 Å². The lowest BCUT2D eigenvalue weighted by atomic mass is 9.88. The Bertz CT molecular complexity index is 2230. The summed E-state index contributed by atoms with van der Waals surface area (Å²) < 4.78 is 0. The molecule has 0 saturated carbocycles. The first kappa shape index (κ1) is 39.5. The molecule has 1 aliphatic carbocycles. The fourth-order valence-electron chi connectivity index (χ4n) is 8.44. The Labute approximate surface area is 334 Å². The predicted octanol–water partition coefficient (Wildman–Crippen LogP) is 6.69. The lowest BCUT2D eigenvalue weighted by molar-refractivity contribution is -0.140. The number of hydrogen-bond donors (Lipinski definition) is 4. The highest BCUT2D eigenvalue weighted by Gasteiger charge is 2.38. The molecule has 1 aromatic heterocycles. The van der Waals surface area contributed by atoms with Gasteiger partial charge in [-0.1, -0.05) is 66.7 Å². The number of unbranched alkanes of at least 4 members (excludes halogenated alkanes) is 1. The lowest BCUT2D eigenvalue weighted by Crippen LogP contribution is -2.47. The summed E-state index contributed by atoms with van der Waals surface area (Å²) >= 11 is 0. The van der Waals surface area contributed by atoms with Gasteiger partial charge in [-0.05, 0) is 119 Å². The number of benzene rings is 4. The largest absolute Gasteiger partial charge is 0.354 e. The number of aromatic nitrogens is 1. The number of carbonyl (C=O) groups is 4. The number of likely N-dealkylation sites (N-methyl/N-ethyl adjacent to an activating group) is 2. The predicted molar refractivity (Wildman–Crippen MR) is 226 cm³/mol. The maximum Gasteiger partial charge on any atom is 0.247 e. The Balaban J connectivity index is 0.941. The molecule has 11 nitrogen and oxygen atoms in total. The van der Waals surface area contributed by atoms with E-state index in [0.29, 0.717) is 44.5 Å². The van der Waals surface area contributed by atoms with Crippen molar-refractivity contribution < 1.29 is 19.2 Å². The Hall–Kier alpha value is -5.78. The van der Waals surface area contributed by atoms with Gasteiger partial charge in [-0.15, -0.1) is 0 Å². The van der Waals surface area contributed by atoms with Crippen LogP contribution in [-0.4, -0.2) is 90.6 Å². The quantitative estimate of drug-likeness (QED) is 0.0933. The third-order valence-electron chi connectivity index (χ3n) is 11.2. The molecule has 4 aromatic carbocycles. The van der Waals surface area contributed by atoms with Crippen molar-refractivity contribution >= 4 is 45.9 Å². The van der Waals surface area contributed by atoms with E-state index in [1.54, 1.807) is 4.90 Å². The third kappa shape index (κ3) is 8.80. The Morgan fingerprint density at radius 1 is 0.772 bits per heavy atom. The first-order chi connectivity index (χ1) is 27.6. The summed E-state index contributed by atoms with van der Waals surface area (Å²) in [5.41, 5.74) is 8.85. The minimum absolute atomic E-state index is 0.0477. The SMILES string of the molecule is CN(C)[C@@H](C(=O)NCCCCC(=O)Nc1ccc2c(c1)CCc1c-2[nH]c2ccc(NC(=O)[C@@H]3CCCN3C(=O)[C@@H](c3ccccc3)N(C)C)cc12)c1ccccc1. The van der Waals surface area contributed by atoms with Crippen LogP contribution in [0.3, 0.4) is 0 Å². The first-order valence-electron chi connectivity index (χ1n) is 20.0. The van der Waals surface area contributed by atoms with Crippen LogP contribution in [0.15, 0.2) is 97.1 Å². The second-order valence-corrected chi connectivity index (χ2v) is 15.6. The van der Waals surface area contributed by atoms with Gasteiger partial charge in [-0.25, -0.2) is 0 Å². The molecule has 11 heteroatoms. The average Bonchev–Trinajstić information content (AvgIpc) is 3.84. The number of nitrogens with one attached hydrogen (secondary N) is 4. The van der Waals surface area contributed by atoms with Crippen molar-refractivity contribution in [1.82, 2.24) is 25.0 Å². The molecule has 5 aromatic rings. The number of nitrogens with zero attached hydrogens (tertiary/aromatic N) is 3. The molecule has 0 unspecified atom stereocenters. The second kappa shape index (κ2) is 17.6. The molecule has 4 amide bonds. The van der Waals surface area contributed by atoms with Gasteiger partial charge in [0.15, 0.2) is 0 Å². The number of likely N-dealkylation sites (tertiary alicyclic amines) is 1. The van der Waals surface area contributed by atoms with E-state index in [9.17, 15) is 19.2 Å². The zero-order chi connectivity index (χ0) is 40.1. The number of amides is 4. The molecule has 0 radical (unpaired) electrons. The maximum atomic E-state index is 13.8. The number of fused-ring (bicyclic) bond motifs is 5. The topological polar surface area (TPSA) is 130 Å². The van der Waals surface area contributed by atoms with Crippen molar-refractivity contribution in [2.75, 3.05) is 51.9 Å². The van der Waals surface area contributed by atoms with E-state index in [1.165, 1.54) is 5.56 Å². The summed E-state index contributed by atoms with van der Waals surface area (Å²) in [5, 5.41) is 10.3. The van der Waals surface area contributed by atoms with Crippen LogP contribution in [0.1, 0.15) is 66.4 Å². The third-order valence-corrected chi connectivity index (χ3v) is 11.2. The van der Waals surface area contributed by atoms with Crippen LogP contribution >= 0.6 is 0 Å². The van der Waals surface area contributed by atoms with Gasteiger partial charge >= 0.3 is 0 Å². The summed E-state index contributed by atoms with van der Waals surface area (Å²) in [6.07, 6.45) is 4.78. The highest BCUT2D eigenvalue weighted by atomic mass is 16.2. The van der Waals surface area contributed by atoms with Crippen molar-refractivity contribution in [3.63, 3.8) is 0 Å². The molecule has 1 saturated heterocycles. The van der Waals surface area contributed by atoms with Gasteiger partial charge in [0.05, 0.1) is 0 Å². The van der Waals surface area contributed by atoms with Crippen LogP contribution in [0.25, 0.3) is 22.2 Å². The molecule has 1 aliphatic heterocycles. The summed E-state index contributed by atoms with van der Waals surface area (Å²) in [6, 6.07) is 30.1. The molecular weight excluding hydrogens is 715 g/mol. The molecule has 3 atom stereocenters. The fraction of sp³-hybridized carbons (Fsp3) is 0.348. The monoisotopic (exact) mass is 767 g/mol. The van der Waals surface area contributed by atoms with Crippen molar-refractivity contribution in [3.05, 3.63) is 119 Å². The lowest BCUT2D eigenvalue weighted by Gasteiger charge is -2.31. The molecular formula is C46H53N7O4. The van der Waals surface area contributed by atoms with Gasteiger partial charge in [-0.3, -0.25) is 29.0 Å². The first-order valence-corrected chi connectivity index (χ1v) is 20.0. The average molecular weight is 768 g/mol. The minimum Gasteiger partial charge on any atom is -0.354 e. The van der Waals surface area contributed by atoms with E-state index in [-0.39, 0.29) is 29.7 Å². The minimum atomic E-state index is -0.532. The summed E-state index contributed by atoms with van der Waals surface area (Å²) in [6.45, 7) is 1.06. The van der Waals surface area contributed by atoms with E-state index < -0.39 is 12.1 Å². The molecule has 296 valence electrons. The highest BCUT2D eigenvalue weighted by Crippen LogP contribution is 2.39. The maximum absolute atomic E-state index is 13.8. The number of H-pyrrole nitrogens is 1. The van der Waals surface area contributed by atoms with Gasteiger partial charge < -0.3 is 25.8 Å². The number of aryl methyl sites for hydroxylation is 2. The smallest absolute Gasteiger partial charge is 0.247 e. The molecule has 57 heavy (non-hydrogen) atoms. The molecule has 2 aliphatic rings.